The Hall–Kier alpha value is -1.08. The first kappa shape index (κ1) is 6.92. The Morgan fingerprint density at radius 3 is 2.38 bits per heavy atom. The standard InChI is InChI=1S/C4H6N2O2/c1-4(6,2-5)3(7)8/h6H2,1H3,(H,7,8)/t4-/m1/s1. The molecule has 0 radical (unpaired) electrons. The van der Waals surface area contributed by atoms with E-state index in [-0.39, 0.29) is 0 Å². The van der Waals surface area contributed by atoms with E-state index in [9.17, 15) is 4.79 Å². The van der Waals surface area contributed by atoms with Crippen LogP contribution in [-0.4, -0.2) is 16.6 Å². The zero-order valence-electron chi connectivity index (χ0n) is 4.38. The van der Waals surface area contributed by atoms with E-state index in [1.54, 1.807) is 0 Å². The SMILES string of the molecule is C[C@@](N)(C#N)C(=O)O. The zero-order chi connectivity index (χ0) is 6.78. The fraction of sp³-hybridized carbons (Fsp3) is 0.500. The second-order valence-electron chi connectivity index (χ2n) is 1.62. The molecule has 44 valence electrons. The molecule has 4 nitrogen and oxygen atoms in total. The molecule has 8 heavy (non-hydrogen) atoms. The number of carboxylic acids is 1. The van der Waals surface area contributed by atoms with Crippen molar-refractivity contribution in [2.24, 2.45) is 5.73 Å². The van der Waals surface area contributed by atoms with Gasteiger partial charge in [0.25, 0.3) is 0 Å². The predicted molar refractivity (Wildman–Crippen MR) is 25.8 cm³/mol. The molecule has 0 aliphatic heterocycles. The molecule has 0 unspecified atom stereocenters. The highest BCUT2D eigenvalue weighted by Gasteiger charge is 2.26. The van der Waals surface area contributed by atoms with E-state index in [4.69, 9.17) is 16.1 Å². The van der Waals surface area contributed by atoms with Crippen molar-refractivity contribution in [3.63, 3.8) is 0 Å². The fourth-order valence-corrected chi connectivity index (χ4v) is 0.0478. The van der Waals surface area contributed by atoms with Crippen LogP contribution < -0.4 is 5.73 Å². The van der Waals surface area contributed by atoms with Crippen molar-refractivity contribution in [1.82, 2.24) is 0 Å². The van der Waals surface area contributed by atoms with Crippen LogP contribution in [-0.2, 0) is 4.79 Å². The van der Waals surface area contributed by atoms with Gasteiger partial charge in [-0.3, -0.25) is 0 Å². The van der Waals surface area contributed by atoms with Gasteiger partial charge in [0.2, 0.25) is 0 Å². The van der Waals surface area contributed by atoms with E-state index in [2.05, 4.69) is 0 Å². The van der Waals surface area contributed by atoms with Gasteiger partial charge in [0.1, 0.15) is 0 Å². The summed E-state index contributed by atoms with van der Waals surface area (Å²) in [5, 5.41) is 16.1. The molecule has 0 amide bonds. The molecule has 0 aromatic rings. The lowest BCUT2D eigenvalue weighted by Gasteiger charge is -2.05. The summed E-state index contributed by atoms with van der Waals surface area (Å²) >= 11 is 0. The molecule has 0 aliphatic carbocycles. The van der Waals surface area contributed by atoms with E-state index < -0.39 is 11.5 Å². The second-order valence-corrected chi connectivity index (χ2v) is 1.62. The molecule has 0 rings (SSSR count). The van der Waals surface area contributed by atoms with Crippen molar-refractivity contribution in [3.05, 3.63) is 0 Å². The number of nitriles is 1. The molecule has 4 heteroatoms. The first-order valence-electron chi connectivity index (χ1n) is 1.94. The van der Waals surface area contributed by atoms with Crippen LogP contribution in [0.2, 0.25) is 0 Å². The largest absolute Gasteiger partial charge is 0.479 e. The highest BCUT2D eigenvalue weighted by Crippen LogP contribution is 1.93. The predicted octanol–water partition coefficient (Wildman–Crippen LogP) is -0.688. The second kappa shape index (κ2) is 1.80. The number of nitrogens with zero attached hydrogens (tertiary/aromatic N) is 1. The first-order chi connectivity index (χ1) is 3.50. The van der Waals surface area contributed by atoms with Gasteiger partial charge in [-0.25, -0.2) is 4.79 Å². The Morgan fingerprint density at radius 2 is 2.38 bits per heavy atom. The van der Waals surface area contributed by atoms with Gasteiger partial charge in [-0.1, -0.05) is 0 Å². The summed E-state index contributed by atoms with van der Waals surface area (Å²) in [4.78, 5) is 9.90. The molecular weight excluding hydrogens is 108 g/mol. The summed E-state index contributed by atoms with van der Waals surface area (Å²) in [6.07, 6.45) is 0. The van der Waals surface area contributed by atoms with Gasteiger partial charge in [0, 0.05) is 0 Å². The molecule has 0 saturated carbocycles. The lowest BCUT2D eigenvalue weighted by Crippen LogP contribution is -2.42. The Kier molecular flexibility index (Phi) is 1.56. The van der Waals surface area contributed by atoms with Crippen LogP contribution >= 0.6 is 0 Å². The van der Waals surface area contributed by atoms with Crippen molar-refractivity contribution in [2.75, 3.05) is 0 Å². The Bertz CT molecular complexity index is 145. The van der Waals surface area contributed by atoms with Crippen LogP contribution in [0, 0.1) is 11.3 Å². The molecule has 0 fully saturated rings. The molecule has 0 aromatic heterocycles. The van der Waals surface area contributed by atoms with Gasteiger partial charge < -0.3 is 10.8 Å². The average molecular weight is 114 g/mol. The number of carboxylic acid groups (broad SMARTS) is 1. The Morgan fingerprint density at radius 1 is 2.00 bits per heavy atom. The monoisotopic (exact) mass is 114 g/mol. The number of nitrogens with two attached hydrogens (primary N) is 1. The van der Waals surface area contributed by atoms with Crippen LogP contribution in [0.1, 0.15) is 6.92 Å². The van der Waals surface area contributed by atoms with E-state index in [1.165, 1.54) is 6.07 Å². The Balaban J connectivity index is 4.19. The third-order valence-electron chi connectivity index (χ3n) is 0.677. The molecule has 0 aliphatic rings. The maximum absolute atomic E-state index is 9.90. The van der Waals surface area contributed by atoms with Gasteiger partial charge in [-0.15, -0.1) is 0 Å². The number of carbonyl (C=O) groups is 1. The molecular formula is C4H6N2O2. The van der Waals surface area contributed by atoms with E-state index in [0.29, 0.717) is 0 Å². The molecule has 1 atom stereocenters. The van der Waals surface area contributed by atoms with Crippen LogP contribution in [0.3, 0.4) is 0 Å². The minimum atomic E-state index is -1.74. The zero-order valence-corrected chi connectivity index (χ0v) is 4.38. The maximum atomic E-state index is 9.90. The van der Waals surface area contributed by atoms with E-state index in [0.717, 1.165) is 6.92 Å². The number of hydrogen-bond acceptors (Lipinski definition) is 3. The normalized spacial score (nSPS) is 16.1. The highest BCUT2D eigenvalue weighted by molar-refractivity contribution is 5.81. The van der Waals surface area contributed by atoms with Gasteiger partial charge in [0.15, 0.2) is 5.54 Å². The van der Waals surface area contributed by atoms with Crippen LogP contribution in [0.25, 0.3) is 0 Å². The van der Waals surface area contributed by atoms with Crippen molar-refractivity contribution in [2.45, 2.75) is 12.5 Å². The van der Waals surface area contributed by atoms with Gasteiger partial charge in [0.05, 0.1) is 6.07 Å². The first-order valence-corrected chi connectivity index (χ1v) is 1.94. The van der Waals surface area contributed by atoms with Crippen molar-refractivity contribution >= 4 is 5.97 Å². The fourth-order valence-electron chi connectivity index (χ4n) is 0.0478. The highest BCUT2D eigenvalue weighted by atomic mass is 16.4. The molecule has 0 saturated heterocycles. The molecule has 3 N–H and O–H groups in total. The summed E-state index contributed by atoms with van der Waals surface area (Å²) in [5.74, 6) is -1.31. The molecule has 0 bridgehead atoms. The van der Waals surface area contributed by atoms with Crippen LogP contribution in [0.4, 0.5) is 0 Å². The maximum Gasteiger partial charge on any atom is 0.338 e. The lowest BCUT2D eigenvalue weighted by atomic mass is 10.1. The minimum absolute atomic E-state index is 1.13. The van der Waals surface area contributed by atoms with Crippen LogP contribution in [0.15, 0.2) is 0 Å². The van der Waals surface area contributed by atoms with E-state index >= 15 is 0 Å². The third-order valence-corrected chi connectivity index (χ3v) is 0.677. The van der Waals surface area contributed by atoms with Gasteiger partial charge in [-0.2, -0.15) is 5.26 Å². The molecule has 0 aromatic carbocycles. The molecule has 0 heterocycles. The topological polar surface area (TPSA) is 87.1 Å². The Labute approximate surface area is 46.5 Å². The quantitative estimate of drug-likeness (QED) is 0.472. The summed E-state index contributed by atoms with van der Waals surface area (Å²) in [7, 11) is 0. The van der Waals surface area contributed by atoms with E-state index in [1.807, 2.05) is 0 Å². The van der Waals surface area contributed by atoms with Gasteiger partial charge >= 0.3 is 5.97 Å². The van der Waals surface area contributed by atoms with Gasteiger partial charge in [-0.05, 0) is 6.92 Å². The number of rotatable bonds is 1. The smallest absolute Gasteiger partial charge is 0.338 e. The average Bonchev–Trinajstić information content (AvgIpc) is 1.67. The summed E-state index contributed by atoms with van der Waals surface area (Å²) in [5.41, 5.74) is 3.16. The lowest BCUT2D eigenvalue weighted by molar-refractivity contribution is -0.140. The summed E-state index contributed by atoms with van der Waals surface area (Å²) in [6, 6.07) is 1.42. The van der Waals surface area contributed by atoms with Crippen LogP contribution in [0.5, 0.6) is 0 Å². The number of hydrogen-bond donors (Lipinski definition) is 2. The molecule has 0 spiro atoms. The minimum Gasteiger partial charge on any atom is -0.479 e. The summed E-state index contributed by atoms with van der Waals surface area (Å²) < 4.78 is 0. The summed E-state index contributed by atoms with van der Waals surface area (Å²) in [6.45, 7) is 1.13. The van der Waals surface area contributed by atoms with Crippen molar-refractivity contribution in [3.8, 4) is 6.07 Å². The third kappa shape index (κ3) is 1.21. The number of aliphatic carboxylic acids is 1. The van der Waals surface area contributed by atoms with Crippen molar-refractivity contribution in [1.29, 1.82) is 5.26 Å². The van der Waals surface area contributed by atoms with Crippen molar-refractivity contribution < 1.29 is 9.90 Å².